The second kappa shape index (κ2) is 4.78. The van der Waals surface area contributed by atoms with Gasteiger partial charge in [0.2, 0.25) is 0 Å². The van der Waals surface area contributed by atoms with E-state index in [4.69, 9.17) is 0 Å². The van der Waals surface area contributed by atoms with Gasteiger partial charge in [-0.1, -0.05) is 6.07 Å². The molecule has 0 bridgehead atoms. The first-order valence-electron chi connectivity index (χ1n) is 6.29. The van der Waals surface area contributed by atoms with Crippen molar-refractivity contribution in [2.45, 2.75) is 19.4 Å². The lowest BCUT2D eigenvalue weighted by Crippen LogP contribution is -2.34. The zero-order valence-electron chi connectivity index (χ0n) is 10.6. The maximum Gasteiger partial charge on any atom is 0.152 e. The molecule has 3 rings (SSSR count). The Morgan fingerprint density at radius 1 is 1.42 bits per heavy atom. The predicted octanol–water partition coefficient (Wildman–Crippen LogP) is 3.82. The van der Waals surface area contributed by atoms with E-state index in [9.17, 15) is 9.18 Å². The molecule has 1 aromatic heterocycles. The molecule has 0 amide bonds. The molecule has 0 radical (unpaired) electrons. The van der Waals surface area contributed by atoms with Crippen LogP contribution in [0.3, 0.4) is 0 Å². The number of nitrogens with zero attached hydrogens (tertiary/aromatic N) is 1. The topological polar surface area (TPSA) is 20.3 Å². The Morgan fingerprint density at radius 2 is 2.26 bits per heavy atom. The van der Waals surface area contributed by atoms with Crippen LogP contribution in [0.15, 0.2) is 29.6 Å². The number of benzene rings is 1. The van der Waals surface area contributed by atoms with Crippen molar-refractivity contribution in [2.75, 3.05) is 11.4 Å². The van der Waals surface area contributed by atoms with Crippen molar-refractivity contribution < 1.29 is 9.18 Å². The van der Waals surface area contributed by atoms with Crippen LogP contribution < -0.4 is 4.90 Å². The molecular formula is C15H14FNOS. The van der Waals surface area contributed by atoms with Gasteiger partial charge in [-0.05, 0) is 42.5 Å². The third kappa shape index (κ3) is 1.96. The van der Waals surface area contributed by atoms with E-state index in [2.05, 4.69) is 18.4 Å². The van der Waals surface area contributed by atoms with Crippen molar-refractivity contribution in [3.05, 3.63) is 51.5 Å². The number of hydrogen-bond donors (Lipinski definition) is 0. The van der Waals surface area contributed by atoms with E-state index in [-0.39, 0.29) is 11.9 Å². The lowest BCUT2D eigenvalue weighted by atomic mass is 9.99. The minimum Gasteiger partial charge on any atom is -0.361 e. The summed E-state index contributed by atoms with van der Waals surface area (Å²) in [6.07, 6.45) is 1.64. The van der Waals surface area contributed by atoms with E-state index in [0.29, 0.717) is 11.3 Å². The van der Waals surface area contributed by atoms with Crippen molar-refractivity contribution >= 4 is 23.3 Å². The van der Waals surface area contributed by atoms with Crippen LogP contribution in [0.5, 0.6) is 0 Å². The van der Waals surface area contributed by atoms with E-state index in [1.807, 2.05) is 4.90 Å². The average Bonchev–Trinajstić information content (AvgIpc) is 2.89. The molecule has 0 aliphatic carbocycles. The van der Waals surface area contributed by atoms with Crippen molar-refractivity contribution in [3.8, 4) is 0 Å². The van der Waals surface area contributed by atoms with Gasteiger partial charge in [-0.2, -0.15) is 0 Å². The highest BCUT2D eigenvalue weighted by molar-refractivity contribution is 7.10. The third-order valence-corrected chi connectivity index (χ3v) is 4.71. The molecule has 1 aromatic carbocycles. The zero-order chi connectivity index (χ0) is 13.4. The van der Waals surface area contributed by atoms with Crippen LogP contribution in [-0.2, 0) is 6.42 Å². The average molecular weight is 275 g/mol. The summed E-state index contributed by atoms with van der Waals surface area (Å²) in [5.41, 5.74) is 2.10. The lowest BCUT2D eigenvalue weighted by Gasteiger charge is -2.36. The summed E-state index contributed by atoms with van der Waals surface area (Å²) in [7, 11) is 0. The minimum atomic E-state index is -0.324. The first-order chi connectivity index (χ1) is 9.22. The normalized spacial score (nSPS) is 18.2. The molecule has 2 aromatic rings. The molecule has 2 nitrogen and oxygen atoms in total. The SMILES string of the molecule is CC1c2ccsc2CCN1c1c(F)cccc1C=O. The summed E-state index contributed by atoms with van der Waals surface area (Å²) in [6, 6.07) is 6.86. The third-order valence-electron chi connectivity index (χ3n) is 3.71. The highest BCUT2D eigenvalue weighted by Gasteiger charge is 2.28. The van der Waals surface area contributed by atoms with Crippen LogP contribution in [0.25, 0.3) is 0 Å². The maximum absolute atomic E-state index is 14.1. The Morgan fingerprint density at radius 3 is 3.05 bits per heavy atom. The number of carbonyl (C=O) groups excluding carboxylic acids is 1. The Labute approximate surface area is 115 Å². The summed E-state index contributed by atoms with van der Waals surface area (Å²) in [4.78, 5) is 14.5. The van der Waals surface area contributed by atoms with Gasteiger partial charge in [0, 0.05) is 17.0 Å². The first kappa shape index (κ1) is 12.4. The van der Waals surface area contributed by atoms with Crippen molar-refractivity contribution in [2.24, 2.45) is 0 Å². The standard InChI is InChI=1S/C15H14FNOS/c1-10-12-6-8-19-14(12)5-7-17(10)15-11(9-18)3-2-4-13(15)16/h2-4,6,8-10H,5,7H2,1H3. The summed E-state index contributed by atoms with van der Waals surface area (Å²) < 4.78 is 14.1. The fourth-order valence-electron chi connectivity index (χ4n) is 2.75. The van der Waals surface area contributed by atoms with Gasteiger partial charge >= 0.3 is 0 Å². The molecule has 0 saturated heterocycles. The van der Waals surface area contributed by atoms with Crippen LogP contribution in [0.1, 0.15) is 33.8 Å². The quantitative estimate of drug-likeness (QED) is 0.776. The van der Waals surface area contributed by atoms with E-state index >= 15 is 0 Å². The Bertz CT molecular complexity index is 622. The largest absolute Gasteiger partial charge is 0.361 e. The molecule has 1 aliphatic rings. The Balaban J connectivity index is 2.07. The first-order valence-corrected chi connectivity index (χ1v) is 7.17. The molecule has 2 heterocycles. The van der Waals surface area contributed by atoms with E-state index in [1.54, 1.807) is 23.5 Å². The smallest absolute Gasteiger partial charge is 0.152 e. The Kier molecular flexibility index (Phi) is 3.11. The number of aldehydes is 1. The van der Waals surface area contributed by atoms with Crippen LogP contribution in [0.2, 0.25) is 0 Å². The zero-order valence-corrected chi connectivity index (χ0v) is 11.4. The molecular weight excluding hydrogens is 261 g/mol. The molecule has 19 heavy (non-hydrogen) atoms. The number of para-hydroxylation sites is 1. The van der Waals surface area contributed by atoms with Crippen molar-refractivity contribution in [3.63, 3.8) is 0 Å². The molecule has 1 aliphatic heterocycles. The highest BCUT2D eigenvalue weighted by atomic mass is 32.1. The lowest BCUT2D eigenvalue weighted by molar-refractivity contribution is 0.112. The number of carbonyl (C=O) groups is 1. The Hall–Kier alpha value is -1.68. The van der Waals surface area contributed by atoms with Gasteiger partial charge in [-0.3, -0.25) is 4.79 Å². The summed E-state index contributed by atoms with van der Waals surface area (Å²) in [5, 5.41) is 2.08. The van der Waals surface area contributed by atoms with E-state index in [1.165, 1.54) is 16.5 Å². The van der Waals surface area contributed by atoms with E-state index in [0.717, 1.165) is 19.3 Å². The van der Waals surface area contributed by atoms with E-state index < -0.39 is 0 Å². The van der Waals surface area contributed by atoms with Gasteiger partial charge in [-0.25, -0.2) is 4.39 Å². The van der Waals surface area contributed by atoms with Crippen LogP contribution in [0.4, 0.5) is 10.1 Å². The summed E-state index contributed by atoms with van der Waals surface area (Å²) >= 11 is 1.75. The van der Waals surface area contributed by atoms with Gasteiger partial charge < -0.3 is 4.90 Å². The van der Waals surface area contributed by atoms with Crippen molar-refractivity contribution in [1.82, 2.24) is 0 Å². The van der Waals surface area contributed by atoms with Crippen LogP contribution in [-0.4, -0.2) is 12.8 Å². The van der Waals surface area contributed by atoms with Crippen molar-refractivity contribution in [1.29, 1.82) is 0 Å². The van der Waals surface area contributed by atoms with Crippen LogP contribution in [0, 0.1) is 5.82 Å². The fourth-order valence-corrected chi connectivity index (χ4v) is 3.71. The van der Waals surface area contributed by atoms with Gasteiger partial charge in [-0.15, -0.1) is 11.3 Å². The number of fused-ring (bicyclic) bond motifs is 1. The molecule has 0 N–H and O–H groups in total. The fraction of sp³-hybridized carbons (Fsp3) is 0.267. The maximum atomic E-state index is 14.1. The second-order valence-electron chi connectivity index (χ2n) is 4.71. The molecule has 0 spiro atoms. The number of anilines is 1. The number of thiophene rings is 1. The van der Waals surface area contributed by atoms with Gasteiger partial charge in [0.1, 0.15) is 5.82 Å². The molecule has 1 unspecified atom stereocenters. The molecule has 1 atom stereocenters. The molecule has 98 valence electrons. The predicted molar refractivity (Wildman–Crippen MR) is 75.6 cm³/mol. The van der Waals surface area contributed by atoms with Gasteiger partial charge in [0.25, 0.3) is 0 Å². The molecule has 0 saturated carbocycles. The second-order valence-corrected chi connectivity index (χ2v) is 5.71. The molecule has 0 fully saturated rings. The number of hydrogen-bond acceptors (Lipinski definition) is 3. The monoisotopic (exact) mass is 275 g/mol. The minimum absolute atomic E-state index is 0.102. The van der Waals surface area contributed by atoms with Gasteiger partial charge in [0.05, 0.1) is 11.7 Å². The van der Waals surface area contributed by atoms with Crippen LogP contribution >= 0.6 is 11.3 Å². The highest BCUT2D eigenvalue weighted by Crippen LogP contribution is 2.38. The summed E-state index contributed by atoms with van der Waals surface area (Å²) in [5.74, 6) is -0.324. The number of halogens is 1. The van der Waals surface area contributed by atoms with Gasteiger partial charge in [0.15, 0.2) is 6.29 Å². The molecule has 4 heteroatoms. The number of rotatable bonds is 2. The summed E-state index contributed by atoms with van der Waals surface area (Å²) in [6.45, 7) is 2.81.